The van der Waals surface area contributed by atoms with Crippen molar-refractivity contribution in [2.24, 2.45) is 0 Å². The van der Waals surface area contributed by atoms with Crippen LogP contribution in [-0.2, 0) is 6.42 Å². The van der Waals surface area contributed by atoms with Crippen molar-refractivity contribution in [2.75, 3.05) is 11.4 Å². The fraction of sp³-hybridized carbons (Fsp3) is 0.226. The Kier molecular flexibility index (Phi) is 7.66. The summed E-state index contributed by atoms with van der Waals surface area (Å²) in [5.74, 6) is 1.28. The molecule has 5 nitrogen and oxygen atoms in total. The van der Waals surface area contributed by atoms with Gasteiger partial charge >= 0.3 is 0 Å². The average molecular weight is 511 g/mol. The van der Waals surface area contributed by atoms with Gasteiger partial charge in [-0.25, -0.2) is 0 Å². The van der Waals surface area contributed by atoms with Crippen molar-refractivity contribution in [3.8, 4) is 11.5 Å². The fourth-order valence-corrected chi connectivity index (χ4v) is 4.91. The highest BCUT2D eigenvalue weighted by atomic mass is 32.1. The first-order chi connectivity index (χ1) is 18.1. The third kappa shape index (κ3) is 5.59. The molecule has 1 N–H and O–H groups in total. The van der Waals surface area contributed by atoms with E-state index in [4.69, 9.17) is 21.7 Å². The zero-order valence-corrected chi connectivity index (χ0v) is 21.7. The van der Waals surface area contributed by atoms with Gasteiger partial charge in [-0.1, -0.05) is 80.1 Å². The van der Waals surface area contributed by atoms with Crippen LogP contribution in [0.5, 0.6) is 11.5 Å². The molecule has 37 heavy (non-hydrogen) atoms. The molecule has 0 radical (unpaired) electrons. The quantitative estimate of drug-likeness (QED) is 0.207. The Morgan fingerprint density at radius 2 is 1.62 bits per heavy atom. The number of carbonyl (C=O) groups is 1. The van der Waals surface area contributed by atoms with Crippen molar-refractivity contribution in [1.29, 1.82) is 0 Å². The summed E-state index contributed by atoms with van der Waals surface area (Å²) in [7, 11) is 0. The fourth-order valence-electron chi connectivity index (χ4n) is 4.64. The summed E-state index contributed by atoms with van der Waals surface area (Å²) in [5.41, 5.74) is 2.59. The summed E-state index contributed by atoms with van der Waals surface area (Å²) in [6, 6.07) is 29.4. The number of benzene rings is 4. The lowest BCUT2D eigenvalue weighted by atomic mass is 10.1. The number of rotatable bonds is 8. The Balaban J connectivity index is 1.38. The Labute approximate surface area is 223 Å². The minimum atomic E-state index is -0.466. The standard InChI is InChI=1S/C31H30N2O3S/c1-2-3-19-28(35-26-17-9-14-22-11-7-8-16-25(22)26)36-27-18-10-15-23-20-21-33(29(23)27)31(37)32-30(34)24-12-5-4-6-13-24/h4-18,28H,2-3,19-21H2,1H3,(H,32,34,37). The molecule has 188 valence electrons. The van der Waals surface area contributed by atoms with Gasteiger partial charge in [0.15, 0.2) is 5.11 Å². The summed E-state index contributed by atoms with van der Waals surface area (Å²) in [5, 5.41) is 5.43. The first kappa shape index (κ1) is 24.8. The summed E-state index contributed by atoms with van der Waals surface area (Å²) >= 11 is 5.67. The van der Waals surface area contributed by atoms with E-state index < -0.39 is 6.29 Å². The molecule has 1 heterocycles. The van der Waals surface area contributed by atoms with E-state index in [-0.39, 0.29) is 5.91 Å². The molecule has 0 saturated carbocycles. The summed E-state index contributed by atoms with van der Waals surface area (Å²) in [6.45, 7) is 2.83. The Bertz CT molecular complexity index is 1400. The van der Waals surface area contributed by atoms with E-state index in [9.17, 15) is 4.79 Å². The van der Waals surface area contributed by atoms with Crippen LogP contribution in [0.1, 0.15) is 42.1 Å². The summed E-state index contributed by atoms with van der Waals surface area (Å²) in [4.78, 5) is 14.7. The zero-order chi connectivity index (χ0) is 25.6. The van der Waals surface area contributed by atoms with E-state index in [0.717, 1.165) is 53.5 Å². The van der Waals surface area contributed by atoms with E-state index >= 15 is 0 Å². The highest BCUT2D eigenvalue weighted by Gasteiger charge is 2.28. The second-order valence-corrected chi connectivity index (χ2v) is 9.46. The van der Waals surface area contributed by atoms with Crippen LogP contribution in [-0.4, -0.2) is 23.9 Å². The van der Waals surface area contributed by atoms with Gasteiger partial charge in [-0.05, 0) is 60.3 Å². The van der Waals surface area contributed by atoms with Crippen LogP contribution in [0.2, 0.25) is 0 Å². The van der Waals surface area contributed by atoms with Crippen molar-refractivity contribution in [3.63, 3.8) is 0 Å². The molecule has 0 aromatic heterocycles. The highest BCUT2D eigenvalue weighted by Crippen LogP contribution is 2.39. The minimum absolute atomic E-state index is 0.224. The molecule has 4 aromatic carbocycles. The van der Waals surface area contributed by atoms with Crippen molar-refractivity contribution >= 4 is 39.7 Å². The van der Waals surface area contributed by atoms with E-state index in [1.165, 1.54) is 0 Å². The molecule has 1 unspecified atom stereocenters. The minimum Gasteiger partial charge on any atom is -0.454 e. The largest absolute Gasteiger partial charge is 0.454 e. The van der Waals surface area contributed by atoms with Gasteiger partial charge in [-0.15, -0.1) is 0 Å². The molecule has 1 atom stereocenters. The molecule has 0 aliphatic carbocycles. The first-order valence-electron chi connectivity index (χ1n) is 12.7. The maximum atomic E-state index is 12.7. The number of carbonyl (C=O) groups excluding carboxylic acids is 1. The van der Waals surface area contributed by atoms with E-state index in [0.29, 0.717) is 23.0 Å². The lowest BCUT2D eigenvalue weighted by Gasteiger charge is -2.26. The average Bonchev–Trinajstić information content (AvgIpc) is 3.38. The molecule has 5 rings (SSSR count). The number of hydrogen-bond donors (Lipinski definition) is 1. The number of nitrogens with one attached hydrogen (secondary N) is 1. The molecule has 0 bridgehead atoms. The molecule has 6 heteroatoms. The lowest BCUT2D eigenvalue weighted by molar-refractivity contribution is -0.000536. The second-order valence-electron chi connectivity index (χ2n) is 9.08. The summed E-state index contributed by atoms with van der Waals surface area (Å²) < 4.78 is 13.0. The number of hydrogen-bond acceptors (Lipinski definition) is 4. The molecule has 0 saturated heterocycles. The zero-order valence-electron chi connectivity index (χ0n) is 20.9. The SMILES string of the molecule is CCCCC(Oc1cccc2c1N(C(=S)NC(=O)c1ccccc1)CC2)Oc1cccc2ccccc12. The van der Waals surface area contributed by atoms with Crippen molar-refractivity contribution < 1.29 is 14.3 Å². The number of ether oxygens (including phenoxy) is 2. The van der Waals surface area contributed by atoms with Crippen molar-refractivity contribution in [2.45, 2.75) is 38.9 Å². The van der Waals surface area contributed by atoms with Gasteiger partial charge in [0.25, 0.3) is 5.91 Å². The van der Waals surface area contributed by atoms with Gasteiger partial charge in [-0.3, -0.25) is 10.1 Å². The van der Waals surface area contributed by atoms with Crippen LogP contribution in [0.25, 0.3) is 10.8 Å². The molecule has 1 aliphatic rings. The van der Waals surface area contributed by atoms with Crippen LogP contribution < -0.4 is 19.7 Å². The topological polar surface area (TPSA) is 50.8 Å². The van der Waals surface area contributed by atoms with Gasteiger partial charge in [0, 0.05) is 23.9 Å². The number of unbranched alkanes of at least 4 members (excludes halogenated alkanes) is 1. The predicted molar refractivity (Wildman–Crippen MR) is 153 cm³/mol. The van der Waals surface area contributed by atoms with Crippen LogP contribution in [0.15, 0.2) is 91.0 Å². The monoisotopic (exact) mass is 510 g/mol. The normalized spacial score (nSPS) is 13.2. The molecule has 1 aliphatic heterocycles. The van der Waals surface area contributed by atoms with Gasteiger partial charge < -0.3 is 14.4 Å². The number of nitrogens with zero attached hydrogens (tertiary/aromatic N) is 1. The van der Waals surface area contributed by atoms with Crippen LogP contribution >= 0.6 is 12.2 Å². The van der Waals surface area contributed by atoms with E-state index in [1.807, 2.05) is 59.5 Å². The number of fused-ring (bicyclic) bond motifs is 2. The van der Waals surface area contributed by atoms with Crippen LogP contribution in [0.4, 0.5) is 5.69 Å². The number of amides is 1. The molecule has 0 fully saturated rings. The molecule has 4 aromatic rings. The van der Waals surface area contributed by atoms with Crippen LogP contribution in [0, 0.1) is 0 Å². The van der Waals surface area contributed by atoms with Gasteiger partial charge in [-0.2, -0.15) is 0 Å². The third-order valence-corrected chi connectivity index (χ3v) is 6.84. The first-order valence-corrected chi connectivity index (χ1v) is 13.2. The van der Waals surface area contributed by atoms with Crippen molar-refractivity contribution in [1.82, 2.24) is 5.32 Å². The van der Waals surface area contributed by atoms with Gasteiger partial charge in [0.2, 0.25) is 6.29 Å². The molecular formula is C31H30N2O3S. The number of thiocarbonyl (C=S) groups is 1. The highest BCUT2D eigenvalue weighted by molar-refractivity contribution is 7.80. The molecule has 1 amide bonds. The Morgan fingerprint density at radius 3 is 2.46 bits per heavy atom. The predicted octanol–water partition coefficient (Wildman–Crippen LogP) is 6.89. The van der Waals surface area contributed by atoms with Crippen LogP contribution in [0.3, 0.4) is 0 Å². The summed E-state index contributed by atoms with van der Waals surface area (Å²) in [6.07, 6.45) is 3.11. The maximum Gasteiger partial charge on any atom is 0.257 e. The Hall–Kier alpha value is -3.90. The number of para-hydroxylation sites is 1. The smallest absolute Gasteiger partial charge is 0.257 e. The van der Waals surface area contributed by atoms with Gasteiger partial charge in [0.1, 0.15) is 11.5 Å². The maximum absolute atomic E-state index is 12.7. The van der Waals surface area contributed by atoms with E-state index in [2.05, 4.69) is 36.5 Å². The van der Waals surface area contributed by atoms with E-state index in [1.54, 1.807) is 12.1 Å². The molecular weight excluding hydrogens is 480 g/mol. The Morgan fingerprint density at radius 1 is 0.919 bits per heavy atom. The van der Waals surface area contributed by atoms with Gasteiger partial charge in [0.05, 0.1) is 5.69 Å². The van der Waals surface area contributed by atoms with Crippen molar-refractivity contribution in [3.05, 3.63) is 102 Å². The third-order valence-electron chi connectivity index (χ3n) is 6.52. The molecule has 0 spiro atoms. The second kappa shape index (κ2) is 11.4. The lowest BCUT2D eigenvalue weighted by Crippen LogP contribution is -2.42. The number of anilines is 1.